The number of morpholine rings is 1. The number of hydrogen-bond acceptors (Lipinski definition) is 6. The van der Waals surface area contributed by atoms with Crippen LogP contribution in [-0.2, 0) is 20.2 Å². The summed E-state index contributed by atoms with van der Waals surface area (Å²) in [6, 6.07) is 21.1. The van der Waals surface area contributed by atoms with Gasteiger partial charge in [0.2, 0.25) is 0 Å². The van der Waals surface area contributed by atoms with Gasteiger partial charge in [0.15, 0.2) is 0 Å². The van der Waals surface area contributed by atoms with Gasteiger partial charge < -0.3 is 15.0 Å². The van der Waals surface area contributed by atoms with Gasteiger partial charge in [-0.15, -0.1) is 0 Å². The lowest BCUT2D eigenvalue weighted by Crippen LogP contribution is -2.41. The standard InChI is InChI=1S/C32H35N5O4S/c1-32(2,3)24-8-11-26(12-9-24)42(39,40)36-25-10-13-28-27(20-25)29(23-6-4-22(21-33)5-7-23)30(35-28)31(38)34-14-15-37-16-18-41-19-17-37/h4-13,20,35-36H,14-19H2,1-3H3,(H,34,38). The Morgan fingerprint density at radius 2 is 1.71 bits per heavy atom. The van der Waals surface area contributed by atoms with Crippen molar-refractivity contribution in [2.24, 2.45) is 0 Å². The molecule has 10 heteroatoms. The van der Waals surface area contributed by atoms with E-state index in [9.17, 15) is 18.5 Å². The minimum atomic E-state index is -3.85. The highest BCUT2D eigenvalue weighted by atomic mass is 32.2. The highest BCUT2D eigenvalue weighted by molar-refractivity contribution is 7.92. The quantitative estimate of drug-likeness (QED) is 0.271. The molecular weight excluding hydrogens is 550 g/mol. The van der Waals surface area contributed by atoms with E-state index in [4.69, 9.17) is 4.74 Å². The molecule has 0 spiro atoms. The van der Waals surface area contributed by atoms with Crippen LogP contribution < -0.4 is 10.0 Å². The molecule has 0 aliphatic carbocycles. The zero-order valence-corrected chi connectivity index (χ0v) is 24.8. The van der Waals surface area contributed by atoms with Crippen molar-refractivity contribution in [3.05, 3.63) is 83.6 Å². The van der Waals surface area contributed by atoms with Crippen molar-refractivity contribution >= 4 is 32.5 Å². The van der Waals surface area contributed by atoms with Gasteiger partial charge in [-0.2, -0.15) is 5.26 Å². The van der Waals surface area contributed by atoms with Crippen molar-refractivity contribution in [1.29, 1.82) is 5.26 Å². The van der Waals surface area contributed by atoms with Gasteiger partial charge in [-0.3, -0.25) is 14.4 Å². The summed E-state index contributed by atoms with van der Waals surface area (Å²) in [4.78, 5) is 19.1. The summed E-state index contributed by atoms with van der Waals surface area (Å²) >= 11 is 0. The first kappa shape index (κ1) is 29.3. The lowest BCUT2D eigenvalue weighted by Gasteiger charge is -2.26. The molecule has 1 aliphatic rings. The van der Waals surface area contributed by atoms with Crippen LogP contribution in [0.2, 0.25) is 0 Å². The van der Waals surface area contributed by atoms with Crippen LogP contribution in [0.4, 0.5) is 5.69 Å². The predicted octanol–water partition coefficient (Wildman–Crippen LogP) is 4.87. The van der Waals surface area contributed by atoms with Gasteiger partial charge in [-0.1, -0.05) is 45.0 Å². The number of H-pyrrole nitrogens is 1. The van der Waals surface area contributed by atoms with E-state index in [0.29, 0.717) is 59.7 Å². The summed E-state index contributed by atoms with van der Waals surface area (Å²) in [5.74, 6) is -0.264. The van der Waals surface area contributed by atoms with E-state index in [1.807, 2.05) is 12.1 Å². The molecule has 1 aromatic heterocycles. The summed E-state index contributed by atoms with van der Waals surface area (Å²) in [5, 5.41) is 13.0. The maximum Gasteiger partial charge on any atom is 0.268 e. The van der Waals surface area contributed by atoms with E-state index >= 15 is 0 Å². The maximum absolute atomic E-state index is 13.4. The largest absolute Gasteiger partial charge is 0.379 e. The summed E-state index contributed by atoms with van der Waals surface area (Å²) in [7, 11) is -3.85. The Hall–Kier alpha value is -4.17. The van der Waals surface area contributed by atoms with E-state index in [0.717, 1.165) is 24.2 Å². The number of hydrogen-bond donors (Lipinski definition) is 3. The summed E-state index contributed by atoms with van der Waals surface area (Å²) in [6.07, 6.45) is 0. The monoisotopic (exact) mass is 585 g/mol. The smallest absolute Gasteiger partial charge is 0.268 e. The normalized spacial score (nSPS) is 14.4. The Balaban J connectivity index is 1.46. The van der Waals surface area contributed by atoms with E-state index in [-0.39, 0.29) is 16.2 Å². The van der Waals surface area contributed by atoms with E-state index in [1.54, 1.807) is 54.6 Å². The fourth-order valence-corrected chi connectivity index (χ4v) is 6.08. The van der Waals surface area contributed by atoms with Gasteiger partial charge in [0.25, 0.3) is 15.9 Å². The second-order valence-electron chi connectivity index (χ2n) is 11.4. The van der Waals surface area contributed by atoms with Crippen molar-refractivity contribution in [3.8, 4) is 17.2 Å². The van der Waals surface area contributed by atoms with Gasteiger partial charge in [0, 0.05) is 48.3 Å². The Morgan fingerprint density at radius 3 is 2.36 bits per heavy atom. The molecule has 1 fully saturated rings. The average Bonchev–Trinajstić information content (AvgIpc) is 3.36. The molecule has 5 rings (SSSR count). The number of carbonyl (C=O) groups excluding carboxylic acids is 1. The van der Waals surface area contributed by atoms with Crippen molar-refractivity contribution in [1.82, 2.24) is 15.2 Å². The lowest BCUT2D eigenvalue weighted by atomic mass is 9.87. The number of ether oxygens (including phenoxy) is 1. The summed E-state index contributed by atoms with van der Waals surface area (Å²) in [5.41, 5.74) is 4.24. The van der Waals surface area contributed by atoms with E-state index < -0.39 is 10.0 Å². The van der Waals surface area contributed by atoms with Crippen molar-refractivity contribution in [2.45, 2.75) is 31.1 Å². The molecule has 0 atom stereocenters. The highest BCUT2D eigenvalue weighted by Gasteiger charge is 2.22. The van der Waals surface area contributed by atoms with Crippen LogP contribution in [0.1, 0.15) is 42.4 Å². The second kappa shape index (κ2) is 12.0. The third-order valence-electron chi connectivity index (χ3n) is 7.43. The van der Waals surface area contributed by atoms with Gasteiger partial charge in [-0.05, 0) is 59.0 Å². The molecule has 1 aliphatic heterocycles. The lowest BCUT2D eigenvalue weighted by molar-refractivity contribution is 0.0383. The van der Waals surface area contributed by atoms with Crippen molar-refractivity contribution in [3.63, 3.8) is 0 Å². The topological polar surface area (TPSA) is 127 Å². The maximum atomic E-state index is 13.4. The Kier molecular flexibility index (Phi) is 8.36. The Morgan fingerprint density at radius 1 is 1.02 bits per heavy atom. The number of fused-ring (bicyclic) bond motifs is 1. The molecule has 0 unspecified atom stereocenters. The minimum Gasteiger partial charge on any atom is -0.379 e. The summed E-state index contributed by atoms with van der Waals surface area (Å²) < 4.78 is 34.6. The highest BCUT2D eigenvalue weighted by Crippen LogP contribution is 2.35. The third-order valence-corrected chi connectivity index (χ3v) is 8.83. The second-order valence-corrected chi connectivity index (χ2v) is 13.1. The van der Waals surface area contributed by atoms with Crippen LogP contribution in [0.3, 0.4) is 0 Å². The van der Waals surface area contributed by atoms with Gasteiger partial charge in [0.05, 0.1) is 29.7 Å². The number of benzene rings is 3. The minimum absolute atomic E-state index is 0.0939. The molecule has 2 heterocycles. The first-order chi connectivity index (χ1) is 20.0. The molecule has 9 nitrogen and oxygen atoms in total. The molecule has 1 saturated heterocycles. The van der Waals surface area contributed by atoms with Gasteiger partial charge in [0.1, 0.15) is 5.69 Å². The molecule has 1 amide bonds. The molecule has 4 aromatic rings. The average molecular weight is 586 g/mol. The number of sulfonamides is 1. The Bertz CT molecular complexity index is 1730. The van der Waals surface area contributed by atoms with Crippen LogP contribution in [-0.4, -0.2) is 63.6 Å². The zero-order chi connectivity index (χ0) is 29.9. The van der Waals surface area contributed by atoms with Crippen LogP contribution in [0.15, 0.2) is 71.6 Å². The number of rotatable bonds is 8. The number of nitriles is 1. The van der Waals surface area contributed by atoms with E-state index in [2.05, 4.69) is 46.8 Å². The fourth-order valence-electron chi connectivity index (χ4n) is 5.03. The van der Waals surface area contributed by atoms with Crippen LogP contribution in [0.25, 0.3) is 22.0 Å². The number of amides is 1. The number of nitrogens with zero attached hydrogens (tertiary/aromatic N) is 2. The number of aromatic nitrogens is 1. The van der Waals surface area contributed by atoms with Gasteiger partial charge in [-0.25, -0.2) is 8.42 Å². The summed E-state index contributed by atoms with van der Waals surface area (Å²) in [6.45, 7) is 10.4. The van der Waals surface area contributed by atoms with E-state index in [1.165, 1.54) is 0 Å². The van der Waals surface area contributed by atoms with Gasteiger partial charge >= 0.3 is 0 Å². The first-order valence-electron chi connectivity index (χ1n) is 13.9. The number of carbonyl (C=O) groups is 1. The van der Waals surface area contributed by atoms with Crippen molar-refractivity contribution < 1.29 is 17.9 Å². The molecule has 0 bridgehead atoms. The van der Waals surface area contributed by atoms with Crippen LogP contribution >= 0.6 is 0 Å². The molecule has 218 valence electrons. The predicted molar refractivity (Wildman–Crippen MR) is 164 cm³/mol. The Labute approximate surface area is 246 Å². The number of aromatic amines is 1. The number of anilines is 1. The number of nitrogens with one attached hydrogen (secondary N) is 3. The molecule has 0 radical (unpaired) electrons. The first-order valence-corrected chi connectivity index (χ1v) is 15.4. The SMILES string of the molecule is CC(C)(C)c1ccc(S(=O)(=O)Nc2ccc3[nH]c(C(=O)NCCN4CCOCC4)c(-c4ccc(C#N)cc4)c3c2)cc1. The molecular formula is C32H35N5O4S. The van der Waals surface area contributed by atoms with Crippen LogP contribution in [0.5, 0.6) is 0 Å². The zero-order valence-electron chi connectivity index (χ0n) is 24.0. The van der Waals surface area contributed by atoms with Crippen LogP contribution in [0, 0.1) is 11.3 Å². The molecule has 3 N–H and O–H groups in total. The molecule has 0 saturated carbocycles. The fraction of sp³-hybridized carbons (Fsp3) is 0.312. The third kappa shape index (κ3) is 6.49. The molecule has 3 aromatic carbocycles. The molecule has 42 heavy (non-hydrogen) atoms. The van der Waals surface area contributed by atoms with Crippen molar-refractivity contribution in [2.75, 3.05) is 44.1 Å².